The Morgan fingerprint density at radius 2 is 1.70 bits per heavy atom. The molecule has 0 radical (unpaired) electrons. The van der Waals surface area contributed by atoms with Crippen LogP contribution in [0.15, 0.2) is 42.6 Å². The van der Waals surface area contributed by atoms with Gasteiger partial charge in [0.2, 0.25) is 0 Å². The summed E-state index contributed by atoms with van der Waals surface area (Å²) in [5.74, 6) is 0.237. The molecule has 0 fully saturated rings. The van der Waals surface area contributed by atoms with Crippen LogP contribution in [0.1, 0.15) is 16.7 Å². The van der Waals surface area contributed by atoms with Crippen molar-refractivity contribution in [2.24, 2.45) is 0 Å². The number of hydrogen-bond donors (Lipinski definition) is 1. The Hall–Kier alpha value is -1.81. The highest BCUT2D eigenvalue weighted by Gasteiger charge is 2.20. The van der Waals surface area contributed by atoms with Crippen LogP contribution in [0.2, 0.25) is 10.0 Å². The van der Waals surface area contributed by atoms with Crippen molar-refractivity contribution in [3.63, 3.8) is 0 Å². The molecule has 5 heteroatoms. The Morgan fingerprint density at radius 1 is 1.00 bits per heavy atom. The molecule has 23 heavy (non-hydrogen) atoms. The molecule has 2 aromatic carbocycles. The molecule has 0 bridgehead atoms. The molecule has 3 aromatic rings. The van der Waals surface area contributed by atoms with Gasteiger partial charge in [-0.25, -0.2) is 0 Å². The van der Waals surface area contributed by atoms with E-state index in [1.165, 1.54) is 11.1 Å². The summed E-state index contributed by atoms with van der Waals surface area (Å²) >= 11 is 12.2. The molecule has 0 atom stereocenters. The molecule has 1 N–H and O–H groups in total. The average molecular weight is 345 g/mol. The summed E-state index contributed by atoms with van der Waals surface area (Å²) in [5.41, 5.74) is 4.14. The molecule has 1 aliphatic heterocycles. The zero-order chi connectivity index (χ0) is 16.0. The smallest absolute Gasteiger partial charge is 0.141 e. The van der Waals surface area contributed by atoms with Crippen molar-refractivity contribution in [1.29, 1.82) is 0 Å². The van der Waals surface area contributed by atoms with E-state index in [2.05, 4.69) is 9.88 Å². The molecule has 0 saturated carbocycles. The molecule has 0 unspecified atom stereocenters. The molecule has 0 amide bonds. The van der Waals surface area contributed by atoms with Crippen LogP contribution in [0, 0.1) is 0 Å². The molecule has 3 nitrogen and oxygen atoms in total. The van der Waals surface area contributed by atoms with Crippen molar-refractivity contribution < 1.29 is 5.11 Å². The lowest BCUT2D eigenvalue weighted by Gasteiger charge is -2.29. The third-order valence-electron chi connectivity index (χ3n) is 4.16. The van der Waals surface area contributed by atoms with Crippen LogP contribution >= 0.6 is 23.2 Å². The minimum atomic E-state index is 0.237. The van der Waals surface area contributed by atoms with Gasteiger partial charge >= 0.3 is 0 Å². The van der Waals surface area contributed by atoms with Gasteiger partial charge in [-0.3, -0.25) is 9.88 Å². The predicted octanol–water partition coefficient (Wildman–Crippen LogP) is 4.76. The van der Waals surface area contributed by atoms with Crippen LogP contribution in [-0.2, 0) is 19.6 Å². The molecular formula is C18H14Cl2N2O. The number of aromatic hydroxyl groups is 1. The highest BCUT2D eigenvalue weighted by Crippen LogP contribution is 2.34. The van der Waals surface area contributed by atoms with Crippen LogP contribution in [0.3, 0.4) is 0 Å². The average Bonchev–Trinajstić information content (AvgIpc) is 2.50. The Bertz CT molecular complexity index is 878. The van der Waals surface area contributed by atoms with Gasteiger partial charge in [0.25, 0.3) is 0 Å². The zero-order valence-corrected chi connectivity index (χ0v) is 13.8. The lowest BCUT2D eigenvalue weighted by molar-refractivity contribution is 0.243. The van der Waals surface area contributed by atoms with Crippen molar-refractivity contribution in [3.05, 3.63) is 69.3 Å². The zero-order valence-electron chi connectivity index (χ0n) is 12.3. The van der Waals surface area contributed by atoms with Gasteiger partial charge in [0.05, 0.1) is 0 Å². The third-order valence-corrected chi connectivity index (χ3v) is 4.60. The van der Waals surface area contributed by atoms with Gasteiger partial charge in [-0.05, 0) is 47.0 Å². The summed E-state index contributed by atoms with van der Waals surface area (Å²) in [5, 5.41) is 12.4. The van der Waals surface area contributed by atoms with E-state index in [0.717, 1.165) is 30.6 Å². The lowest BCUT2D eigenvalue weighted by atomic mass is 9.97. The highest BCUT2D eigenvalue weighted by atomic mass is 35.5. The van der Waals surface area contributed by atoms with E-state index in [9.17, 15) is 5.11 Å². The van der Waals surface area contributed by atoms with E-state index in [-0.39, 0.29) is 5.75 Å². The number of aromatic nitrogens is 1. The number of hydrogen-bond acceptors (Lipinski definition) is 3. The molecule has 1 aliphatic rings. The van der Waals surface area contributed by atoms with Crippen LogP contribution in [0.25, 0.3) is 10.9 Å². The molecule has 0 saturated heterocycles. The normalized spacial score (nSPS) is 14.3. The van der Waals surface area contributed by atoms with E-state index < -0.39 is 0 Å². The SMILES string of the molecule is Oc1ccc2c3c(ccnc13)CN(Cc1cc(Cl)cc(Cl)c1)C2. The fourth-order valence-corrected chi connectivity index (χ4v) is 3.84. The largest absolute Gasteiger partial charge is 0.506 e. The Morgan fingerprint density at radius 3 is 2.43 bits per heavy atom. The second kappa shape index (κ2) is 5.68. The Labute approximate surface area is 144 Å². The monoisotopic (exact) mass is 344 g/mol. The topological polar surface area (TPSA) is 36.4 Å². The summed E-state index contributed by atoms with van der Waals surface area (Å²) in [7, 11) is 0. The van der Waals surface area contributed by atoms with E-state index >= 15 is 0 Å². The van der Waals surface area contributed by atoms with Gasteiger partial charge < -0.3 is 5.11 Å². The van der Waals surface area contributed by atoms with Crippen molar-refractivity contribution in [2.75, 3.05) is 0 Å². The quantitative estimate of drug-likeness (QED) is 0.727. The summed E-state index contributed by atoms with van der Waals surface area (Å²) in [4.78, 5) is 6.64. The maximum absolute atomic E-state index is 10.00. The van der Waals surface area contributed by atoms with E-state index in [1.807, 2.05) is 24.3 Å². The molecule has 1 aromatic heterocycles. The molecule has 0 aliphatic carbocycles. The number of nitrogens with zero attached hydrogens (tertiary/aromatic N) is 2. The third kappa shape index (κ3) is 2.76. The van der Waals surface area contributed by atoms with Crippen molar-refractivity contribution >= 4 is 34.1 Å². The minimum absolute atomic E-state index is 0.237. The molecular weight excluding hydrogens is 331 g/mol. The fourth-order valence-electron chi connectivity index (χ4n) is 3.27. The molecule has 4 rings (SSSR count). The van der Waals surface area contributed by atoms with Crippen molar-refractivity contribution in [1.82, 2.24) is 9.88 Å². The molecule has 116 valence electrons. The number of phenolic OH excluding ortho intramolecular Hbond substituents is 1. The fraction of sp³-hybridized carbons (Fsp3) is 0.167. The van der Waals surface area contributed by atoms with Gasteiger partial charge in [0.1, 0.15) is 11.3 Å². The molecule has 0 spiro atoms. The Kier molecular flexibility index (Phi) is 3.64. The van der Waals surface area contributed by atoms with Gasteiger partial charge in [0, 0.05) is 41.3 Å². The summed E-state index contributed by atoms with van der Waals surface area (Å²) in [6, 6.07) is 11.3. The summed E-state index contributed by atoms with van der Waals surface area (Å²) in [6.07, 6.45) is 1.75. The van der Waals surface area contributed by atoms with E-state index in [4.69, 9.17) is 23.2 Å². The number of benzene rings is 2. The first-order valence-electron chi connectivity index (χ1n) is 7.36. The highest BCUT2D eigenvalue weighted by molar-refractivity contribution is 6.34. The lowest BCUT2D eigenvalue weighted by Crippen LogP contribution is -2.26. The maximum atomic E-state index is 10.00. The van der Waals surface area contributed by atoms with E-state index in [1.54, 1.807) is 18.3 Å². The summed E-state index contributed by atoms with van der Waals surface area (Å²) < 4.78 is 0. The Balaban J connectivity index is 1.69. The first kappa shape index (κ1) is 14.8. The number of pyridine rings is 1. The predicted molar refractivity (Wildman–Crippen MR) is 92.8 cm³/mol. The summed E-state index contributed by atoms with van der Waals surface area (Å²) in [6.45, 7) is 2.38. The maximum Gasteiger partial charge on any atom is 0.141 e. The van der Waals surface area contributed by atoms with Gasteiger partial charge in [0.15, 0.2) is 0 Å². The van der Waals surface area contributed by atoms with Crippen molar-refractivity contribution in [2.45, 2.75) is 19.6 Å². The minimum Gasteiger partial charge on any atom is -0.506 e. The van der Waals surface area contributed by atoms with Gasteiger partial charge in [-0.2, -0.15) is 0 Å². The number of rotatable bonds is 2. The number of halogens is 2. The number of phenols is 1. The van der Waals surface area contributed by atoms with Crippen LogP contribution in [0.5, 0.6) is 5.75 Å². The van der Waals surface area contributed by atoms with Crippen LogP contribution < -0.4 is 0 Å². The second-order valence-electron chi connectivity index (χ2n) is 5.86. The van der Waals surface area contributed by atoms with Crippen molar-refractivity contribution in [3.8, 4) is 5.75 Å². The molecule has 2 heterocycles. The first-order valence-corrected chi connectivity index (χ1v) is 8.11. The standard InChI is InChI=1S/C18H14Cl2N2O/c19-14-5-11(6-15(20)7-14)8-22-9-12-1-2-16(23)18-17(12)13(10-22)3-4-21-18/h1-7,23H,8-10H2. The van der Waals surface area contributed by atoms with Crippen LogP contribution in [-0.4, -0.2) is 15.0 Å². The van der Waals surface area contributed by atoms with E-state index in [0.29, 0.717) is 15.6 Å². The van der Waals surface area contributed by atoms with Gasteiger partial charge in [-0.15, -0.1) is 0 Å². The van der Waals surface area contributed by atoms with Crippen LogP contribution in [0.4, 0.5) is 0 Å². The second-order valence-corrected chi connectivity index (χ2v) is 6.73. The first-order chi connectivity index (χ1) is 11.1. The van der Waals surface area contributed by atoms with Gasteiger partial charge in [-0.1, -0.05) is 29.3 Å².